The Labute approximate surface area is 244 Å². The summed E-state index contributed by atoms with van der Waals surface area (Å²) in [4.78, 5) is 25.6. The van der Waals surface area contributed by atoms with E-state index in [1.807, 2.05) is 0 Å². The molecule has 0 radical (unpaired) electrons. The first-order valence-electron chi connectivity index (χ1n) is 15.1. The second-order valence-corrected chi connectivity index (χ2v) is 11.7. The van der Waals surface area contributed by atoms with E-state index in [4.69, 9.17) is 14.2 Å². The van der Waals surface area contributed by atoms with Gasteiger partial charge in [-0.1, -0.05) is 73.5 Å². The molecule has 3 aromatic rings. The highest BCUT2D eigenvalue weighted by molar-refractivity contribution is 5.89. The largest absolute Gasteiger partial charge is 0.432 e. The predicted molar refractivity (Wildman–Crippen MR) is 163 cm³/mol. The van der Waals surface area contributed by atoms with Crippen molar-refractivity contribution in [2.24, 2.45) is 0 Å². The second kappa shape index (κ2) is 14.6. The summed E-state index contributed by atoms with van der Waals surface area (Å²) in [6.45, 7) is 8.51. The fraction of sp³-hybridized carbons (Fsp3) is 0.486. The highest BCUT2D eigenvalue weighted by atomic mass is 16.8. The first-order valence-corrected chi connectivity index (χ1v) is 15.1. The molecular weight excluding hydrogens is 514 g/mol. The lowest BCUT2D eigenvalue weighted by atomic mass is 10.0. The molecule has 4 rings (SSSR count). The van der Waals surface area contributed by atoms with Crippen LogP contribution in [-0.4, -0.2) is 43.0 Å². The number of carbonyl (C=O) groups excluding carboxylic acids is 2. The van der Waals surface area contributed by atoms with Gasteiger partial charge in [-0.2, -0.15) is 0 Å². The van der Waals surface area contributed by atoms with Crippen LogP contribution in [0, 0.1) is 13.8 Å². The Kier molecular flexibility index (Phi) is 10.9. The number of unbranched alkanes of at least 4 members (excludes halogenated alkanes) is 4. The zero-order chi connectivity index (χ0) is 29.2. The van der Waals surface area contributed by atoms with E-state index in [0.717, 1.165) is 51.4 Å². The van der Waals surface area contributed by atoms with Gasteiger partial charge in [-0.05, 0) is 85.4 Å². The maximum absolute atomic E-state index is 13.1. The van der Waals surface area contributed by atoms with E-state index in [1.54, 1.807) is 13.8 Å². The molecule has 1 aliphatic heterocycles. The van der Waals surface area contributed by atoms with Gasteiger partial charge in [-0.25, -0.2) is 4.79 Å². The Morgan fingerprint density at radius 1 is 0.854 bits per heavy atom. The highest BCUT2D eigenvalue weighted by Gasteiger charge is 2.48. The fourth-order valence-corrected chi connectivity index (χ4v) is 5.28. The van der Waals surface area contributed by atoms with E-state index in [9.17, 15) is 9.59 Å². The maximum atomic E-state index is 13.1. The van der Waals surface area contributed by atoms with Crippen molar-refractivity contribution < 1.29 is 23.8 Å². The summed E-state index contributed by atoms with van der Waals surface area (Å²) in [7, 11) is 0. The number of esters is 1. The number of amides is 1. The Bertz CT molecular complexity index is 1320. The average Bonchev–Trinajstić information content (AvgIpc) is 3.23. The first-order chi connectivity index (χ1) is 19.7. The lowest BCUT2D eigenvalue weighted by Gasteiger charge is -2.22. The van der Waals surface area contributed by atoms with Crippen LogP contribution in [0.25, 0.3) is 10.8 Å². The van der Waals surface area contributed by atoms with Crippen molar-refractivity contribution in [1.82, 2.24) is 5.32 Å². The third kappa shape index (κ3) is 9.14. The number of nitrogens with one attached hydrogen (secondary N) is 1. The van der Waals surface area contributed by atoms with Crippen LogP contribution in [0.15, 0.2) is 60.7 Å². The molecule has 6 nitrogen and oxygen atoms in total. The molecule has 220 valence electrons. The Morgan fingerprint density at radius 2 is 1.54 bits per heavy atom. The maximum Gasteiger partial charge on any atom is 0.341 e. The normalized spacial score (nSPS) is 17.0. The Hall–Kier alpha value is -3.22. The predicted octanol–water partition coefficient (Wildman–Crippen LogP) is 6.76. The van der Waals surface area contributed by atoms with Crippen molar-refractivity contribution in [2.75, 3.05) is 13.2 Å². The van der Waals surface area contributed by atoms with E-state index in [2.05, 4.69) is 79.8 Å². The SMILES string of the molecule is Cc1ccc(CCCCCO[C@@H](C(=O)NCCCCCc2ccc3ccccc3c2)[C@H]2OC(C)(C)OC2=O)cc1C. The molecule has 2 atom stereocenters. The summed E-state index contributed by atoms with van der Waals surface area (Å²) in [5, 5.41) is 5.48. The summed E-state index contributed by atoms with van der Waals surface area (Å²) in [5.41, 5.74) is 5.29. The van der Waals surface area contributed by atoms with E-state index in [1.165, 1.54) is 33.0 Å². The quantitative estimate of drug-likeness (QED) is 0.164. The second-order valence-electron chi connectivity index (χ2n) is 11.7. The van der Waals surface area contributed by atoms with Gasteiger partial charge in [-0.15, -0.1) is 0 Å². The van der Waals surface area contributed by atoms with Gasteiger partial charge in [0.05, 0.1) is 0 Å². The number of carbonyl (C=O) groups is 2. The van der Waals surface area contributed by atoms with Gasteiger partial charge in [0.15, 0.2) is 12.2 Å². The van der Waals surface area contributed by atoms with E-state index < -0.39 is 24.0 Å². The van der Waals surface area contributed by atoms with Gasteiger partial charge in [0.25, 0.3) is 5.91 Å². The van der Waals surface area contributed by atoms with Crippen LogP contribution < -0.4 is 5.32 Å². The lowest BCUT2D eigenvalue weighted by Crippen LogP contribution is -2.47. The molecule has 0 spiro atoms. The molecule has 1 N–H and O–H groups in total. The number of fused-ring (bicyclic) bond motifs is 1. The monoisotopic (exact) mass is 559 g/mol. The highest BCUT2D eigenvalue weighted by Crippen LogP contribution is 2.27. The third-order valence-corrected chi connectivity index (χ3v) is 7.76. The number of cyclic esters (lactones) is 1. The van der Waals surface area contributed by atoms with Gasteiger partial charge >= 0.3 is 5.97 Å². The van der Waals surface area contributed by atoms with Crippen molar-refractivity contribution in [3.8, 4) is 0 Å². The molecule has 1 saturated heterocycles. The van der Waals surface area contributed by atoms with Gasteiger partial charge in [0, 0.05) is 27.0 Å². The molecule has 3 aromatic carbocycles. The number of ether oxygens (including phenoxy) is 3. The molecule has 1 aliphatic rings. The molecule has 6 heteroatoms. The minimum atomic E-state index is -1.07. The third-order valence-electron chi connectivity index (χ3n) is 7.76. The van der Waals surface area contributed by atoms with Crippen molar-refractivity contribution in [3.05, 3.63) is 82.9 Å². The lowest BCUT2D eigenvalue weighted by molar-refractivity contribution is -0.167. The molecule has 0 aromatic heterocycles. The van der Waals surface area contributed by atoms with Gasteiger partial charge in [0.1, 0.15) is 0 Å². The van der Waals surface area contributed by atoms with Gasteiger partial charge in [0.2, 0.25) is 5.79 Å². The molecule has 0 saturated carbocycles. The van der Waals surface area contributed by atoms with Crippen LogP contribution >= 0.6 is 0 Å². The molecule has 0 unspecified atom stereocenters. The van der Waals surface area contributed by atoms with E-state index >= 15 is 0 Å². The van der Waals surface area contributed by atoms with Crippen LogP contribution in [0.2, 0.25) is 0 Å². The molecule has 0 bridgehead atoms. The zero-order valence-electron chi connectivity index (χ0n) is 25.0. The minimum absolute atomic E-state index is 0.325. The number of rotatable bonds is 15. The minimum Gasteiger partial charge on any atom is -0.432 e. The number of hydrogen-bond acceptors (Lipinski definition) is 5. The number of benzene rings is 3. The topological polar surface area (TPSA) is 73.9 Å². The van der Waals surface area contributed by atoms with Crippen molar-refractivity contribution in [2.45, 2.75) is 97.1 Å². The van der Waals surface area contributed by atoms with Crippen LogP contribution in [-0.2, 0) is 36.6 Å². The molecule has 41 heavy (non-hydrogen) atoms. The van der Waals surface area contributed by atoms with Crippen LogP contribution in [0.3, 0.4) is 0 Å². The summed E-state index contributed by atoms with van der Waals surface area (Å²) in [5.74, 6) is -1.95. The number of hydrogen-bond donors (Lipinski definition) is 1. The Morgan fingerprint density at radius 3 is 2.24 bits per heavy atom. The molecule has 1 amide bonds. The van der Waals surface area contributed by atoms with Crippen LogP contribution in [0.5, 0.6) is 0 Å². The van der Waals surface area contributed by atoms with Gasteiger partial charge < -0.3 is 19.5 Å². The summed E-state index contributed by atoms with van der Waals surface area (Å²) >= 11 is 0. The van der Waals surface area contributed by atoms with Crippen LogP contribution in [0.1, 0.15) is 74.6 Å². The molecule has 1 fully saturated rings. The first kappa shape index (κ1) is 30.7. The fourth-order valence-electron chi connectivity index (χ4n) is 5.28. The molecule has 1 heterocycles. The standard InChI is InChI=1S/C35H45NO5/c1-25-17-18-27(23-26(25)2)13-8-6-12-22-39-31(32-34(38)41-35(3,4)40-32)33(37)36-21-11-5-7-14-28-19-20-29-15-9-10-16-30(29)24-28/h9-10,15-20,23-24,31-32H,5-8,11-14,21-22H2,1-4H3,(H,36,37)/t31-,32-/m1/s1. The Balaban J connectivity index is 1.18. The van der Waals surface area contributed by atoms with Crippen molar-refractivity contribution in [1.29, 1.82) is 0 Å². The summed E-state index contributed by atoms with van der Waals surface area (Å²) in [6.07, 6.45) is 5.63. The summed E-state index contributed by atoms with van der Waals surface area (Å²) in [6, 6.07) is 21.6. The van der Waals surface area contributed by atoms with Gasteiger partial charge in [-0.3, -0.25) is 4.79 Å². The van der Waals surface area contributed by atoms with Crippen LogP contribution in [0.4, 0.5) is 0 Å². The van der Waals surface area contributed by atoms with E-state index in [-0.39, 0.29) is 5.91 Å². The molecule has 0 aliphatic carbocycles. The van der Waals surface area contributed by atoms with Crippen molar-refractivity contribution >= 4 is 22.6 Å². The summed E-state index contributed by atoms with van der Waals surface area (Å²) < 4.78 is 17.0. The number of aryl methyl sites for hydroxylation is 4. The zero-order valence-corrected chi connectivity index (χ0v) is 25.0. The molecular formula is C35H45NO5. The average molecular weight is 560 g/mol. The smallest absolute Gasteiger partial charge is 0.341 e. The van der Waals surface area contributed by atoms with Crippen molar-refractivity contribution in [3.63, 3.8) is 0 Å². The van der Waals surface area contributed by atoms with E-state index in [0.29, 0.717) is 13.2 Å².